The van der Waals surface area contributed by atoms with Crippen LogP contribution in [0.3, 0.4) is 0 Å². The molecule has 0 saturated carbocycles. The maximum Gasteiger partial charge on any atom is 0.0544 e. The van der Waals surface area contributed by atoms with E-state index in [1.165, 1.54) is 166 Å². The Bertz CT molecular complexity index is 5190. The zero-order valence-electron chi connectivity index (χ0n) is 51.9. The molecule has 0 atom stereocenters. The third kappa shape index (κ3) is 8.48. The number of aromatic nitrogens is 2. The van der Waals surface area contributed by atoms with Crippen molar-refractivity contribution < 1.29 is 0 Å². The molecular formula is C90H64N2. The second-order valence-corrected chi connectivity index (χ2v) is 26.5. The molecule has 0 saturated heterocycles. The number of rotatable bonds is 9. The molecule has 18 rings (SSSR count). The molecule has 0 N–H and O–H groups in total. The summed E-state index contributed by atoms with van der Waals surface area (Å²) in [6.07, 6.45) is 0. The van der Waals surface area contributed by atoms with Crippen LogP contribution in [0.4, 0.5) is 0 Å². The van der Waals surface area contributed by atoms with Gasteiger partial charge in [0.05, 0.1) is 22.1 Å². The summed E-state index contributed by atoms with van der Waals surface area (Å²) in [6, 6.07) is 118. The SMILES string of the molecule is CC1(C)c2ccccc2-c2cc3c4cc(-c5ccc6c(c5)c5cc7c(cc5n6-c5cccc(-c6cc(-c8ccccc8)cc(-c8ccccc8)c6)c5)C(C)(C)c5ccccc5-7)ccc4n(-c4cccc(-c5cc(-c6ccccc6)cc(-c6ccccc6)c5)c4)c3cc21. The first-order valence-corrected chi connectivity index (χ1v) is 32.3. The molecule has 0 fully saturated rings. The van der Waals surface area contributed by atoms with Crippen LogP contribution in [0.5, 0.6) is 0 Å². The van der Waals surface area contributed by atoms with Crippen LogP contribution >= 0.6 is 0 Å². The van der Waals surface area contributed by atoms with Gasteiger partial charge in [-0.3, -0.25) is 0 Å². The van der Waals surface area contributed by atoms with Crippen LogP contribution in [0, 0.1) is 0 Å². The molecule has 2 nitrogen and oxygen atoms in total. The predicted octanol–water partition coefficient (Wildman–Crippen LogP) is 24.2. The summed E-state index contributed by atoms with van der Waals surface area (Å²) in [5.41, 5.74) is 34.1. The van der Waals surface area contributed by atoms with Gasteiger partial charge >= 0.3 is 0 Å². The van der Waals surface area contributed by atoms with Gasteiger partial charge in [0.25, 0.3) is 0 Å². The fourth-order valence-electron chi connectivity index (χ4n) is 15.8. The maximum atomic E-state index is 2.53. The van der Waals surface area contributed by atoms with Crippen molar-refractivity contribution in [3.63, 3.8) is 0 Å². The molecule has 2 heterocycles. The Morgan fingerprint density at radius 2 is 0.478 bits per heavy atom. The smallest absolute Gasteiger partial charge is 0.0544 e. The van der Waals surface area contributed by atoms with Crippen molar-refractivity contribution >= 4 is 43.6 Å². The van der Waals surface area contributed by atoms with Crippen molar-refractivity contribution in [3.05, 3.63) is 338 Å². The van der Waals surface area contributed by atoms with Crippen LogP contribution in [0.2, 0.25) is 0 Å². The lowest BCUT2D eigenvalue weighted by atomic mass is 9.82. The van der Waals surface area contributed by atoms with Gasteiger partial charge in [0, 0.05) is 43.7 Å². The van der Waals surface area contributed by atoms with E-state index in [9.17, 15) is 0 Å². The van der Waals surface area contributed by atoms with Crippen molar-refractivity contribution in [1.29, 1.82) is 0 Å². The molecule has 2 aromatic heterocycles. The van der Waals surface area contributed by atoms with Crippen molar-refractivity contribution in [1.82, 2.24) is 9.13 Å². The quantitative estimate of drug-likeness (QED) is 0.136. The van der Waals surface area contributed by atoms with E-state index in [1.54, 1.807) is 0 Å². The van der Waals surface area contributed by atoms with Crippen molar-refractivity contribution in [2.24, 2.45) is 0 Å². The van der Waals surface area contributed by atoms with Crippen molar-refractivity contribution in [2.45, 2.75) is 38.5 Å². The minimum Gasteiger partial charge on any atom is -0.309 e. The summed E-state index contributed by atoms with van der Waals surface area (Å²) in [5, 5.41) is 4.95. The van der Waals surface area contributed by atoms with E-state index in [1.807, 2.05) is 0 Å². The molecule has 0 spiro atoms. The Balaban J connectivity index is 0.824. The van der Waals surface area contributed by atoms with Gasteiger partial charge in [-0.05, 0) is 232 Å². The van der Waals surface area contributed by atoms with E-state index in [0.29, 0.717) is 0 Å². The van der Waals surface area contributed by atoms with E-state index in [4.69, 9.17) is 0 Å². The highest BCUT2D eigenvalue weighted by molar-refractivity contribution is 6.15. The Labute approximate surface area is 537 Å². The van der Waals surface area contributed by atoms with Crippen molar-refractivity contribution in [2.75, 3.05) is 0 Å². The predicted molar refractivity (Wildman–Crippen MR) is 388 cm³/mol. The number of benzene rings is 14. The fraction of sp³-hybridized carbons (Fsp3) is 0.0667. The number of fused-ring (bicyclic) bond motifs is 12. The van der Waals surface area contributed by atoms with E-state index >= 15 is 0 Å². The molecule has 16 aromatic rings. The third-order valence-electron chi connectivity index (χ3n) is 20.4. The Morgan fingerprint density at radius 1 is 0.185 bits per heavy atom. The molecule has 0 aliphatic heterocycles. The second-order valence-electron chi connectivity index (χ2n) is 26.5. The molecular weight excluding hydrogens is 1110 g/mol. The van der Waals surface area contributed by atoms with Crippen LogP contribution in [-0.4, -0.2) is 9.13 Å². The first-order valence-electron chi connectivity index (χ1n) is 32.3. The molecule has 0 unspecified atom stereocenters. The number of nitrogens with zero attached hydrogens (tertiary/aromatic N) is 2. The maximum absolute atomic E-state index is 2.53. The van der Waals surface area contributed by atoms with Crippen molar-refractivity contribution in [3.8, 4) is 112 Å². The molecule has 2 aliphatic rings. The van der Waals surface area contributed by atoms with E-state index in [2.05, 4.69) is 352 Å². The summed E-state index contributed by atoms with van der Waals surface area (Å²) in [6.45, 7) is 9.57. The van der Waals surface area contributed by atoms with E-state index < -0.39 is 0 Å². The van der Waals surface area contributed by atoms with E-state index in [-0.39, 0.29) is 10.8 Å². The molecule has 92 heavy (non-hydrogen) atoms. The zero-order chi connectivity index (χ0) is 61.4. The van der Waals surface area contributed by atoms with Gasteiger partial charge in [-0.15, -0.1) is 0 Å². The molecule has 434 valence electrons. The topological polar surface area (TPSA) is 9.86 Å². The zero-order valence-corrected chi connectivity index (χ0v) is 51.9. The van der Waals surface area contributed by atoms with Crippen LogP contribution in [0.1, 0.15) is 49.9 Å². The molecule has 2 aliphatic carbocycles. The van der Waals surface area contributed by atoms with Gasteiger partial charge in [-0.2, -0.15) is 0 Å². The molecule has 0 radical (unpaired) electrons. The van der Waals surface area contributed by atoms with Gasteiger partial charge in [0.15, 0.2) is 0 Å². The molecule has 14 aromatic carbocycles. The molecule has 0 amide bonds. The van der Waals surface area contributed by atoms with Crippen LogP contribution in [0.25, 0.3) is 155 Å². The molecule has 2 heteroatoms. The normalized spacial score (nSPS) is 13.4. The molecule has 0 bridgehead atoms. The summed E-state index contributed by atoms with van der Waals surface area (Å²) in [5.74, 6) is 0. The van der Waals surface area contributed by atoms with Crippen LogP contribution in [0.15, 0.2) is 315 Å². The highest BCUT2D eigenvalue weighted by atomic mass is 15.0. The lowest BCUT2D eigenvalue weighted by Gasteiger charge is -2.21. The highest BCUT2D eigenvalue weighted by Crippen LogP contribution is 2.54. The highest BCUT2D eigenvalue weighted by Gasteiger charge is 2.38. The van der Waals surface area contributed by atoms with Gasteiger partial charge in [0.2, 0.25) is 0 Å². The Kier molecular flexibility index (Phi) is 12.0. The lowest BCUT2D eigenvalue weighted by molar-refractivity contribution is 0.661. The first kappa shape index (κ1) is 53.7. The average Bonchev–Trinajstić information content (AvgIpc) is 1.59. The largest absolute Gasteiger partial charge is 0.309 e. The van der Waals surface area contributed by atoms with Gasteiger partial charge < -0.3 is 9.13 Å². The Morgan fingerprint density at radius 3 is 0.837 bits per heavy atom. The number of hydrogen-bond donors (Lipinski definition) is 0. The summed E-state index contributed by atoms with van der Waals surface area (Å²) in [7, 11) is 0. The van der Waals surface area contributed by atoms with Crippen LogP contribution < -0.4 is 0 Å². The summed E-state index contributed by atoms with van der Waals surface area (Å²) < 4.78 is 5.06. The van der Waals surface area contributed by atoms with Gasteiger partial charge in [-0.25, -0.2) is 0 Å². The van der Waals surface area contributed by atoms with Gasteiger partial charge in [-0.1, -0.05) is 234 Å². The number of hydrogen-bond acceptors (Lipinski definition) is 0. The monoisotopic (exact) mass is 1170 g/mol. The minimum atomic E-state index is -0.173. The van der Waals surface area contributed by atoms with Crippen LogP contribution in [-0.2, 0) is 10.8 Å². The summed E-state index contributed by atoms with van der Waals surface area (Å²) >= 11 is 0. The third-order valence-corrected chi connectivity index (χ3v) is 20.4. The summed E-state index contributed by atoms with van der Waals surface area (Å²) in [4.78, 5) is 0. The lowest BCUT2D eigenvalue weighted by Crippen LogP contribution is -2.14. The minimum absolute atomic E-state index is 0.173. The fourth-order valence-corrected chi connectivity index (χ4v) is 15.8. The first-order chi connectivity index (χ1) is 45.1. The van der Waals surface area contributed by atoms with Gasteiger partial charge in [0.1, 0.15) is 0 Å². The van der Waals surface area contributed by atoms with E-state index in [0.717, 1.165) is 11.4 Å². The Hall–Kier alpha value is -11.3. The standard InChI is InChI=1S/C90H64N2/c1-89(2)81-37-19-17-35-73(81)75-53-79-77-51-63(39-41-85(77)91(87(79)55-83(75)89)71-33-21-31-61(49-71)69-45-65(57-23-9-5-10-24-57)43-66(46-69)58-25-11-6-12-26-58)64-40-42-86-78(52-64)80-54-76-74-36-18-20-38-82(74)90(3,4)84(76)56-88(80)92(86)72-34-22-32-62(50-72)70-47-67(59-27-13-7-14-28-59)44-68(48-70)60-29-15-8-16-30-60/h5-56H,1-4H3. The average molecular weight is 1170 g/mol. The second kappa shape index (κ2) is 20.6.